The average Bonchev–Trinajstić information content (AvgIpc) is 3.38. The summed E-state index contributed by atoms with van der Waals surface area (Å²) in [7, 11) is 1.91. The SMILES string of the molecule is C[C@@H]1CN(c2ccnc(CNc3ncnc4[nH]cc(-c5cnn(C)c5)c34)c2)C[C@H](C)N1. The van der Waals surface area contributed by atoms with Gasteiger partial charge in [-0.2, -0.15) is 5.10 Å². The molecule has 31 heavy (non-hydrogen) atoms. The van der Waals surface area contributed by atoms with Crippen molar-refractivity contribution in [1.29, 1.82) is 0 Å². The van der Waals surface area contributed by atoms with E-state index in [4.69, 9.17) is 0 Å². The van der Waals surface area contributed by atoms with Gasteiger partial charge in [-0.05, 0) is 26.0 Å². The maximum atomic E-state index is 4.57. The molecule has 4 aromatic heterocycles. The van der Waals surface area contributed by atoms with E-state index in [0.29, 0.717) is 18.6 Å². The van der Waals surface area contributed by atoms with E-state index in [1.807, 2.05) is 31.8 Å². The third-order valence-electron chi connectivity index (χ3n) is 5.65. The lowest BCUT2D eigenvalue weighted by Gasteiger charge is -2.37. The maximum absolute atomic E-state index is 4.57. The predicted octanol–water partition coefficient (Wildman–Crippen LogP) is 2.55. The molecule has 1 saturated heterocycles. The smallest absolute Gasteiger partial charge is 0.143 e. The molecule has 9 heteroatoms. The first-order chi connectivity index (χ1) is 15.1. The van der Waals surface area contributed by atoms with E-state index in [1.165, 1.54) is 5.69 Å². The molecule has 0 aromatic carbocycles. The summed E-state index contributed by atoms with van der Waals surface area (Å²) in [5.74, 6) is 0.779. The van der Waals surface area contributed by atoms with Crippen molar-refractivity contribution < 1.29 is 0 Å². The van der Waals surface area contributed by atoms with Gasteiger partial charge in [0.15, 0.2) is 0 Å². The Kier molecular flexibility index (Phi) is 5.03. The fraction of sp³-hybridized carbons (Fsp3) is 0.364. The number of hydrogen-bond acceptors (Lipinski definition) is 7. The van der Waals surface area contributed by atoms with Gasteiger partial charge >= 0.3 is 0 Å². The van der Waals surface area contributed by atoms with Crippen LogP contribution >= 0.6 is 0 Å². The minimum absolute atomic E-state index is 0.465. The second kappa shape index (κ2) is 7.99. The van der Waals surface area contributed by atoms with Crippen LogP contribution in [0.5, 0.6) is 0 Å². The molecule has 0 amide bonds. The van der Waals surface area contributed by atoms with Crippen LogP contribution in [-0.2, 0) is 13.6 Å². The molecule has 2 atom stereocenters. The molecule has 1 fully saturated rings. The zero-order valence-corrected chi connectivity index (χ0v) is 18.0. The number of nitrogens with one attached hydrogen (secondary N) is 3. The maximum Gasteiger partial charge on any atom is 0.143 e. The van der Waals surface area contributed by atoms with Crippen LogP contribution in [0.2, 0.25) is 0 Å². The highest BCUT2D eigenvalue weighted by Gasteiger charge is 2.21. The van der Waals surface area contributed by atoms with Gasteiger partial charge in [-0.15, -0.1) is 0 Å². The van der Waals surface area contributed by atoms with Crippen LogP contribution in [0.4, 0.5) is 11.5 Å². The van der Waals surface area contributed by atoms with Crippen molar-refractivity contribution in [2.24, 2.45) is 7.05 Å². The molecular formula is C22H27N9. The van der Waals surface area contributed by atoms with Crippen LogP contribution in [0.15, 0.2) is 43.2 Å². The Hall–Kier alpha value is -3.46. The Balaban J connectivity index is 1.39. The molecular weight excluding hydrogens is 390 g/mol. The summed E-state index contributed by atoms with van der Waals surface area (Å²) in [6.45, 7) is 7.01. The first-order valence-electron chi connectivity index (χ1n) is 10.6. The summed E-state index contributed by atoms with van der Waals surface area (Å²) in [4.78, 5) is 19.1. The lowest BCUT2D eigenvalue weighted by atomic mass is 10.1. The molecule has 1 aliphatic rings. The molecule has 0 bridgehead atoms. The lowest BCUT2D eigenvalue weighted by molar-refractivity contribution is 0.407. The van der Waals surface area contributed by atoms with Crippen molar-refractivity contribution in [3.05, 3.63) is 48.9 Å². The molecule has 9 nitrogen and oxygen atoms in total. The first-order valence-corrected chi connectivity index (χ1v) is 10.6. The Labute approximate surface area is 180 Å². The van der Waals surface area contributed by atoms with Gasteiger partial charge in [0.1, 0.15) is 17.8 Å². The van der Waals surface area contributed by atoms with E-state index >= 15 is 0 Å². The Morgan fingerprint density at radius 2 is 2.00 bits per heavy atom. The summed E-state index contributed by atoms with van der Waals surface area (Å²) in [5, 5.41) is 12.3. The highest BCUT2D eigenvalue weighted by molar-refractivity contribution is 6.00. The van der Waals surface area contributed by atoms with Crippen LogP contribution in [0.3, 0.4) is 0 Å². The second-order valence-corrected chi connectivity index (χ2v) is 8.28. The number of aromatic nitrogens is 6. The Morgan fingerprint density at radius 3 is 2.77 bits per heavy atom. The number of fused-ring (bicyclic) bond motifs is 1. The van der Waals surface area contributed by atoms with Crippen molar-refractivity contribution in [1.82, 2.24) is 35.0 Å². The van der Waals surface area contributed by atoms with Crippen molar-refractivity contribution in [2.75, 3.05) is 23.3 Å². The third kappa shape index (κ3) is 3.96. The minimum atomic E-state index is 0.465. The van der Waals surface area contributed by atoms with Crippen LogP contribution < -0.4 is 15.5 Å². The van der Waals surface area contributed by atoms with Crippen LogP contribution in [0.1, 0.15) is 19.5 Å². The van der Waals surface area contributed by atoms with E-state index in [9.17, 15) is 0 Å². The van der Waals surface area contributed by atoms with E-state index < -0.39 is 0 Å². The molecule has 0 saturated carbocycles. The van der Waals surface area contributed by atoms with Crippen molar-refractivity contribution in [2.45, 2.75) is 32.5 Å². The standard InChI is InChI=1S/C22H27N9/c1-14-10-31(11-15(2)29-14)18-4-5-23-17(6-18)8-24-21-20-19(16-7-28-30(3)12-16)9-25-22(20)27-13-26-21/h4-7,9,12-15,29H,8,10-11H2,1-3H3,(H2,24,25,26,27)/t14-,15+. The fourth-order valence-corrected chi connectivity index (χ4v) is 4.36. The highest BCUT2D eigenvalue weighted by atomic mass is 15.2. The second-order valence-electron chi connectivity index (χ2n) is 8.28. The topological polar surface area (TPSA) is 99.6 Å². The molecule has 160 valence electrons. The molecule has 0 spiro atoms. The summed E-state index contributed by atoms with van der Waals surface area (Å²) in [5.41, 5.74) is 5.02. The normalized spacial score (nSPS) is 19.1. The molecule has 1 aliphatic heterocycles. The van der Waals surface area contributed by atoms with Crippen molar-refractivity contribution >= 4 is 22.5 Å². The molecule has 0 aliphatic carbocycles. The fourth-order valence-electron chi connectivity index (χ4n) is 4.36. The monoisotopic (exact) mass is 417 g/mol. The summed E-state index contributed by atoms with van der Waals surface area (Å²) >= 11 is 0. The average molecular weight is 418 g/mol. The number of aromatic amines is 1. The lowest BCUT2D eigenvalue weighted by Crippen LogP contribution is -2.54. The van der Waals surface area contributed by atoms with E-state index in [-0.39, 0.29) is 0 Å². The van der Waals surface area contributed by atoms with Gasteiger partial charge < -0.3 is 20.5 Å². The predicted molar refractivity (Wildman–Crippen MR) is 122 cm³/mol. The Bertz CT molecular complexity index is 1180. The van der Waals surface area contributed by atoms with E-state index in [1.54, 1.807) is 11.0 Å². The molecule has 0 unspecified atom stereocenters. The molecule has 3 N–H and O–H groups in total. The van der Waals surface area contributed by atoms with Gasteiger partial charge in [0, 0.05) is 67.6 Å². The number of rotatable bonds is 5. The highest BCUT2D eigenvalue weighted by Crippen LogP contribution is 2.31. The number of nitrogens with zero attached hydrogens (tertiary/aromatic N) is 6. The van der Waals surface area contributed by atoms with Crippen molar-refractivity contribution in [3.63, 3.8) is 0 Å². The number of piperazine rings is 1. The van der Waals surface area contributed by atoms with Gasteiger partial charge in [0.25, 0.3) is 0 Å². The molecule has 5 heterocycles. The molecule has 4 aromatic rings. The van der Waals surface area contributed by atoms with Gasteiger partial charge in [0.05, 0.1) is 23.8 Å². The third-order valence-corrected chi connectivity index (χ3v) is 5.65. The number of anilines is 2. The summed E-state index contributed by atoms with van der Waals surface area (Å²) < 4.78 is 1.79. The van der Waals surface area contributed by atoms with Crippen LogP contribution in [-0.4, -0.2) is 54.9 Å². The largest absolute Gasteiger partial charge is 0.368 e. The molecule has 5 rings (SSSR count). The van der Waals surface area contributed by atoms with Gasteiger partial charge in [0.2, 0.25) is 0 Å². The Morgan fingerprint density at radius 1 is 1.16 bits per heavy atom. The summed E-state index contributed by atoms with van der Waals surface area (Å²) in [6.07, 6.45) is 9.24. The minimum Gasteiger partial charge on any atom is -0.368 e. The van der Waals surface area contributed by atoms with Gasteiger partial charge in [-0.25, -0.2) is 9.97 Å². The number of hydrogen-bond donors (Lipinski definition) is 3. The zero-order valence-electron chi connectivity index (χ0n) is 18.0. The number of H-pyrrole nitrogens is 1. The first kappa shape index (κ1) is 19.5. The number of pyridine rings is 1. The van der Waals surface area contributed by atoms with E-state index in [2.05, 4.69) is 66.5 Å². The zero-order chi connectivity index (χ0) is 21.4. The number of aryl methyl sites for hydroxylation is 1. The van der Waals surface area contributed by atoms with Gasteiger partial charge in [-0.1, -0.05) is 0 Å². The van der Waals surface area contributed by atoms with E-state index in [0.717, 1.165) is 46.8 Å². The quantitative estimate of drug-likeness (QED) is 0.459. The van der Waals surface area contributed by atoms with Crippen LogP contribution in [0.25, 0.3) is 22.2 Å². The van der Waals surface area contributed by atoms with Crippen molar-refractivity contribution in [3.8, 4) is 11.1 Å². The molecule has 0 radical (unpaired) electrons. The van der Waals surface area contributed by atoms with Gasteiger partial charge in [-0.3, -0.25) is 9.67 Å². The summed E-state index contributed by atoms with van der Waals surface area (Å²) in [6, 6.07) is 5.18. The van der Waals surface area contributed by atoms with Crippen LogP contribution in [0, 0.1) is 0 Å².